The predicted octanol–water partition coefficient (Wildman–Crippen LogP) is 0.934. The van der Waals surface area contributed by atoms with Gasteiger partial charge in [0.05, 0.1) is 6.54 Å². The summed E-state index contributed by atoms with van der Waals surface area (Å²) in [6.07, 6.45) is 0.220. The van der Waals surface area contributed by atoms with Crippen molar-refractivity contribution in [2.75, 3.05) is 58.0 Å². The summed E-state index contributed by atoms with van der Waals surface area (Å²) in [5.41, 5.74) is 0.624. The molecule has 0 bridgehead atoms. The number of hydrogen-bond donors (Lipinski definition) is 1. The quantitative estimate of drug-likeness (QED) is 0.824. The maximum Gasteiger partial charge on any atom is 0.410 e. The van der Waals surface area contributed by atoms with Gasteiger partial charge in [-0.2, -0.15) is 0 Å². The summed E-state index contributed by atoms with van der Waals surface area (Å²) < 4.78 is 15.4. The first-order valence-electron chi connectivity index (χ1n) is 9.25. The fourth-order valence-electron chi connectivity index (χ4n) is 3.38. The lowest BCUT2D eigenvalue weighted by Crippen LogP contribution is -2.43. The minimum absolute atomic E-state index is 0.0161. The van der Waals surface area contributed by atoms with Crippen molar-refractivity contribution >= 4 is 23.7 Å². The Bertz CT molecular complexity index is 785. The molecule has 10 nitrogen and oxygen atoms in total. The van der Waals surface area contributed by atoms with Crippen LogP contribution in [0.5, 0.6) is 11.5 Å². The van der Waals surface area contributed by atoms with Crippen LogP contribution in [0, 0.1) is 0 Å². The standard InChI is InChI=1S/C18H22N4O6/c23-16(11-22-8-9-26-18(22)25)20-4-1-5-21(7-6-20)17(24)19-13-2-3-14-15(10-13)28-12-27-14/h2-3,10H,1,4-9,11-12H2,(H,19,24). The zero-order valence-electron chi connectivity index (χ0n) is 15.4. The lowest BCUT2D eigenvalue weighted by Gasteiger charge is -2.24. The Kier molecular flexibility index (Phi) is 5.09. The summed E-state index contributed by atoms with van der Waals surface area (Å²) in [5, 5.41) is 2.86. The van der Waals surface area contributed by atoms with E-state index < -0.39 is 6.09 Å². The molecule has 3 aliphatic heterocycles. The number of urea groups is 1. The normalized spacial score (nSPS) is 18.7. The van der Waals surface area contributed by atoms with E-state index in [9.17, 15) is 14.4 Å². The highest BCUT2D eigenvalue weighted by atomic mass is 16.7. The molecule has 4 rings (SSSR count). The first-order chi connectivity index (χ1) is 13.6. The molecule has 150 valence electrons. The summed E-state index contributed by atoms with van der Waals surface area (Å²) in [5.74, 6) is 1.13. The van der Waals surface area contributed by atoms with E-state index in [2.05, 4.69) is 5.32 Å². The van der Waals surface area contributed by atoms with Crippen LogP contribution < -0.4 is 14.8 Å². The third-order valence-corrected chi connectivity index (χ3v) is 4.93. The Morgan fingerprint density at radius 1 is 0.964 bits per heavy atom. The van der Waals surface area contributed by atoms with E-state index in [1.54, 1.807) is 28.0 Å². The highest BCUT2D eigenvalue weighted by Crippen LogP contribution is 2.34. The van der Waals surface area contributed by atoms with Crippen molar-refractivity contribution in [3.8, 4) is 11.5 Å². The van der Waals surface area contributed by atoms with Crippen molar-refractivity contribution in [2.45, 2.75) is 6.42 Å². The number of cyclic esters (lactones) is 1. The average molecular weight is 390 g/mol. The molecule has 0 saturated carbocycles. The molecule has 1 N–H and O–H groups in total. The van der Waals surface area contributed by atoms with Gasteiger partial charge in [-0.1, -0.05) is 0 Å². The van der Waals surface area contributed by atoms with E-state index >= 15 is 0 Å². The molecule has 0 unspecified atom stereocenters. The highest BCUT2D eigenvalue weighted by molar-refractivity contribution is 5.90. The molecule has 2 saturated heterocycles. The van der Waals surface area contributed by atoms with Crippen molar-refractivity contribution in [3.05, 3.63) is 18.2 Å². The summed E-state index contributed by atoms with van der Waals surface area (Å²) in [7, 11) is 0. The van der Waals surface area contributed by atoms with Crippen LogP contribution in [-0.4, -0.2) is 85.4 Å². The van der Waals surface area contributed by atoms with Crippen LogP contribution in [0.1, 0.15) is 6.42 Å². The molecule has 0 radical (unpaired) electrons. The Morgan fingerprint density at radius 3 is 2.57 bits per heavy atom. The lowest BCUT2D eigenvalue weighted by molar-refractivity contribution is -0.131. The molecule has 3 aliphatic rings. The van der Waals surface area contributed by atoms with Gasteiger partial charge in [-0.15, -0.1) is 0 Å². The van der Waals surface area contributed by atoms with Gasteiger partial charge in [0.25, 0.3) is 0 Å². The number of fused-ring (bicyclic) bond motifs is 1. The summed E-state index contributed by atoms with van der Waals surface area (Å²) in [6.45, 7) is 2.90. The molecule has 0 spiro atoms. The molecule has 4 amide bonds. The minimum Gasteiger partial charge on any atom is -0.454 e. The number of rotatable bonds is 3. The monoisotopic (exact) mass is 390 g/mol. The fourth-order valence-corrected chi connectivity index (χ4v) is 3.38. The van der Waals surface area contributed by atoms with Gasteiger partial charge in [-0.3, -0.25) is 9.69 Å². The van der Waals surface area contributed by atoms with Crippen LogP contribution in [0.25, 0.3) is 0 Å². The smallest absolute Gasteiger partial charge is 0.410 e. The number of hydrogen-bond acceptors (Lipinski definition) is 6. The number of carbonyl (C=O) groups excluding carboxylic acids is 3. The summed E-state index contributed by atoms with van der Waals surface area (Å²) >= 11 is 0. The highest BCUT2D eigenvalue weighted by Gasteiger charge is 2.28. The second kappa shape index (κ2) is 7.83. The van der Waals surface area contributed by atoms with E-state index in [-0.39, 0.29) is 25.3 Å². The van der Waals surface area contributed by atoms with Gasteiger partial charge in [0.1, 0.15) is 13.2 Å². The van der Waals surface area contributed by atoms with E-state index in [4.69, 9.17) is 14.2 Å². The zero-order chi connectivity index (χ0) is 19.5. The number of carbonyl (C=O) groups is 3. The largest absolute Gasteiger partial charge is 0.454 e. The maximum atomic E-state index is 12.6. The van der Waals surface area contributed by atoms with Gasteiger partial charge in [-0.25, -0.2) is 9.59 Å². The number of ether oxygens (including phenoxy) is 3. The summed E-state index contributed by atoms with van der Waals surface area (Å²) in [6, 6.07) is 5.01. The maximum absolute atomic E-state index is 12.6. The van der Waals surface area contributed by atoms with Crippen LogP contribution >= 0.6 is 0 Å². The van der Waals surface area contributed by atoms with E-state index in [1.165, 1.54) is 4.90 Å². The van der Waals surface area contributed by atoms with E-state index in [1.807, 2.05) is 0 Å². The molecule has 1 aromatic rings. The molecular formula is C18H22N4O6. The topological polar surface area (TPSA) is 101 Å². The number of anilines is 1. The number of benzene rings is 1. The van der Waals surface area contributed by atoms with Gasteiger partial charge in [-0.05, 0) is 18.6 Å². The molecule has 1 aromatic carbocycles. The fraction of sp³-hybridized carbons (Fsp3) is 0.500. The zero-order valence-corrected chi connectivity index (χ0v) is 15.4. The van der Waals surface area contributed by atoms with Crippen LogP contribution in [0.3, 0.4) is 0 Å². The van der Waals surface area contributed by atoms with Crippen LogP contribution in [0.15, 0.2) is 18.2 Å². The van der Waals surface area contributed by atoms with E-state index in [0.29, 0.717) is 62.9 Å². The van der Waals surface area contributed by atoms with Gasteiger partial charge in [0.2, 0.25) is 12.7 Å². The number of nitrogens with one attached hydrogen (secondary N) is 1. The Morgan fingerprint density at radius 2 is 1.75 bits per heavy atom. The first-order valence-corrected chi connectivity index (χ1v) is 9.25. The van der Waals surface area contributed by atoms with Crippen molar-refractivity contribution in [1.82, 2.24) is 14.7 Å². The molecule has 3 heterocycles. The van der Waals surface area contributed by atoms with Crippen molar-refractivity contribution < 1.29 is 28.6 Å². The average Bonchev–Trinajstić information content (AvgIpc) is 3.22. The Balaban J connectivity index is 1.30. The van der Waals surface area contributed by atoms with Crippen LogP contribution in [0.4, 0.5) is 15.3 Å². The predicted molar refractivity (Wildman–Crippen MR) is 97.3 cm³/mol. The SMILES string of the molecule is O=C(CN1CCOC1=O)N1CCCN(C(=O)Nc2ccc3c(c2)OCO3)CC1. The molecule has 28 heavy (non-hydrogen) atoms. The molecule has 0 atom stereocenters. The second-order valence-corrected chi connectivity index (χ2v) is 6.76. The lowest BCUT2D eigenvalue weighted by atomic mass is 10.3. The summed E-state index contributed by atoms with van der Waals surface area (Å²) in [4.78, 5) is 41.3. The molecule has 10 heteroatoms. The molecule has 0 aromatic heterocycles. The molecule has 2 fully saturated rings. The van der Waals surface area contributed by atoms with Gasteiger partial charge < -0.3 is 29.3 Å². The molecule has 0 aliphatic carbocycles. The van der Waals surface area contributed by atoms with Gasteiger partial charge >= 0.3 is 12.1 Å². The molecular weight excluding hydrogens is 368 g/mol. The third-order valence-electron chi connectivity index (χ3n) is 4.93. The van der Waals surface area contributed by atoms with Crippen LogP contribution in [-0.2, 0) is 9.53 Å². The van der Waals surface area contributed by atoms with Gasteiger partial charge in [0, 0.05) is 37.9 Å². The Hall–Kier alpha value is -3.17. The third kappa shape index (κ3) is 3.90. The van der Waals surface area contributed by atoms with Gasteiger partial charge in [0.15, 0.2) is 11.5 Å². The van der Waals surface area contributed by atoms with Crippen molar-refractivity contribution in [3.63, 3.8) is 0 Å². The number of nitrogens with zero attached hydrogens (tertiary/aromatic N) is 3. The van der Waals surface area contributed by atoms with Crippen molar-refractivity contribution in [1.29, 1.82) is 0 Å². The van der Waals surface area contributed by atoms with Crippen LogP contribution in [0.2, 0.25) is 0 Å². The Labute approximate surface area is 161 Å². The first kappa shape index (κ1) is 18.2. The van der Waals surface area contributed by atoms with Crippen molar-refractivity contribution in [2.24, 2.45) is 0 Å². The minimum atomic E-state index is -0.451. The number of amides is 4. The second-order valence-electron chi connectivity index (χ2n) is 6.76. The van der Waals surface area contributed by atoms with E-state index in [0.717, 1.165) is 0 Å².